The van der Waals surface area contributed by atoms with Crippen LogP contribution in [0.1, 0.15) is 22.4 Å². The summed E-state index contributed by atoms with van der Waals surface area (Å²) in [6.45, 7) is 6.28. The fraction of sp³-hybridized carbons (Fsp3) is 0.267. The lowest BCUT2D eigenvalue weighted by atomic mass is 10.1. The van der Waals surface area contributed by atoms with E-state index in [9.17, 15) is 0 Å². The Labute approximate surface area is 139 Å². The van der Waals surface area contributed by atoms with E-state index in [-0.39, 0.29) is 0 Å². The van der Waals surface area contributed by atoms with Gasteiger partial charge in [0.1, 0.15) is 5.52 Å². The van der Waals surface area contributed by atoms with E-state index in [2.05, 4.69) is 80.1 Å². The second kappa shape index (κ2) is 5.50. The zero-order valence-electron chi connectivity index (χ0n) is 12.0. The molecule has 3 aromatic rings. The number of aromatic nitrogens is 4. The predicted molar refractivity (Wildman–Crippen MR) is 91.2 cm³/mol. The molecule has 2 heterocycles. The molecule has 0 amide bonds. The van der Waals surface area contributed by atoms with Crippen LogP contribution in [-0.2, 0) is 5.33 Å². The van der Waals surface area contributed by atoms with Gasteiger partial charge in [-0.3, -0.25) is 0 Å². The van der Waals surface area contributed by atoms with E-state index in [1.54, 1.807) is 0 Å². The van der Waals surface area contributed by atoms with Crippen molar-refractivity contribution in [3.05, 3.63) is 45.1 Å². The summed E-state index contributed by atoms with van der Waals surface area (Å²) >= 11 is 6.97. The number of rotatable bonds is 2. The number of hydrogen-bond acceptors (Lipinski definition) is 3. The molecule has 0 aliphatic carbocycles. The summed E-state index contributed by atoms with van der Waals surface area (Å²) in [5.74, 6) is 0. The predicted octanol–water partition coefficient (Wildman–Crippen LogP) is 4.40. The van der Waals surface area contributed by atoms with Crippen molar-refractivity contribution in [3.63, 3.8) is 0 Å². The van der Waals surface area contributed by atoms with Crippen LogP contribution in [0.15, 0.2) is 22.7 Å². The number of alkyl halides is 1. The third-order valence-corrected chi connectivity index (χ3v) is 4.64. The van der Waals surface area contributed by atoms with Crippen LogP contribution in [0.5, 0.6) is 0 Å². The maximum absolute atomic E-state index is 4.68. The maximum Gasteiger partial charge on any atom is 0.184 e. The Balaban J connectivity index is 2.31. The largest absolute Gasteiger partial charge is 0.230 e. The van der Waals surface area contributed by atoms with Crippen LogP contribution in [0.2, 0.25) is 0 Å². The molecular formula is C15H14Br2N4. The zero-order valence-corrected chi connectivity index (χ0v) is 15.2. The smallest absolute Gasteiger partial charge is 0.184 e. The minimum Gasteiger partial charge on any atom is -0.230 e. The van der Waals surface area contributed by atoms with Crippen LogP contribution in [0.25, 0.3) is 16.9 Å². The Hall–Kier alpha value is -1.27. The quantitative estimate of drug-likeness (QED) is 0.589. The van der Waals surface area contributed by atoms with E-state index in [0.29, 0.717) is 5.33 Å². The molecule has 0 saturated carbocycles. The monoisotopic (exact) mass is 408 g/mol. The molecule has 0 saturated heterocycles. The van der Waals surface area contributed by atoms with E-state index in [1.165, 1.54) is 16.7 Å². The molecule has 0 fully saturated rings. The lowest BCUT2D eigenvalue weighted by Crippen LogP contribution is -2.04. The average Bonchev–Trinajstić information content (AvgIpc) is 2.79. The molecule has 6 heteroatoms. The Morgan fingerprint density at radius 2 is 1.76 bits per heavy atom. The summed E-state index contributed by atoms with van der Waals surface area (Å²) in [5, 5.41) is 9.22. The molecule has 4 nitrogen and oxygen atoms in total. The second-order valence-corrected chi connectivity index (χ2v) is 6.56. The van der Waals surface area contributed by atoms with Gasteiger partial charge in [-0.15, -0.1) is 5.10 Å². The van der Waals surface area contributed by atoms with Crippen LogP contribution in [-0.4, -0.2) is 20.0 Å². The van der Waals surface area contributed by atoms with Gasteiger partial charge in [0, 0.05) is 9.80 Å². The van der Waals surface area contributed by atoms with Crippen LogP contribution in [0.3, 0.4) is 0 Å². The van der Waals surface area contributed by atoms with Crippen molar-refractivity contribution in [1.82, 2.24) is 20.0 Å². The Kier molecular flexibility index (Phi) is 3.84. The van der Waals surface area contributed by atoms with Gasteiger partial charge in [0.25, 0.3) is 0 Å². The normalized spacial score (nSPS) is 11.3. The first-order valence-corrected chi connectivity index (χ1v) is 8.47. The number of nitrogens with zero attached hydrogens (tertiary/aromatic N) is 4. The number of pyridine rings is 1. The summed E-state index contributed by atoms with van der Waals surface area (Å²) in [7, 11) is 0. The lowest BCUT2D eigenvalue weighted by Gasteiger charge is -2.11. The molecule has 0 aliphatic rings. The van der Waals surface area contributed by atoms with Gasteiger partial charge in [-0.05, 0) is 53.9 Å². The number of hydrogen-bond donors (Lipinski definition) is 0. The molecule has 1 aromatic carbocycles. The second-order valence-electron chi connectivity index (χ2n) is 5.14. The van der Waals surface area contributed by atoms with Gasteiger partial charge in [-0.1, -0.05) is 38.8 Å². The summed E-state index contributed by atoms with van der Waals surface area (Å²) < 4.78 is 2.77. The Morgan fingerprint density at radius 3 is 2.38 bits per heavy atom. The highest BCUT2D eigenvalue weighted by Crippen LogP contribution is 2.26. The molecule has 0 N–H and O–H groups in total. The molecule has 2 aromatic heterocycles. The molecule has 0 atom stereocenters. The van der Waals surface area contributed by atoms with Crippen molar-refractivity contribution in [3.8, 4) is 5.69 Å². The third kappa shape index (κ3) is 2.51. The van der Waals surface area contributed by atoms with Gasteiger partial charge < -0.3 is 0 Å². The zero-order chi connectivity index (χ0) is 15.1. The molecule has 0 radical (unpaired) electrons. The van der Waals surface area contributed by atoms with Crippen molar-refractivity contribution >= 4 is 43.0 Å². The minimum absolute atomic E-state index is 0.681. The van der Waals surface area contributed by atoms with Crippen molar-refractivity contribution in [2.75, 3.05) is 0 Å². The van der Waals surface area contributed by atoms with Crippen LogP contribution < -0.4 is 0 Å². The number of benzene rings is 1. The van der Waals surface area contributed by atoms with E-state index in [1.807, 2.05) is 10.7 Å². The van der Waals surface area contributed by atoms with Gasteiger partial charge >= 0.3 is 0 Å². The van der Waals surface area contributed by atoms with Crippen LogP contribution in [0.4, 0.5) is 0 Å². The van der Waals surface area contributed by atoms with Gasteiger partial charge in [0.2, 0.25) is 0 Å². The Morgan fingerprint density at radius 1 is 1.10 bits per heavy atom. The summed E-state index contributed by atoms with van der Waals surface area (Å²) in [4.78, 5) is 4.68. The van der Waals surface area contributed by atoms with Crippen molar-refractivity contribution in [2.24, 2.45) is 0 Å². The molecule has 3 rings (SSSR count). The topological polar surface area (TPSA) is 43.6 Å². The SMILES string of the molecule is Cc1cc(C)c(-n2nnc3cc(Br)c(CBr)nc32)c(C)c1. The first-order chi connectivity index (χ1) is 10.0. The fourth-order valence-electron chi connectivity index (χ4n) is 2.62. The van der Waals surface area contributed by atoms with Crippen molar-refractivity contribution in [2.45, 2.75) is 26.1 Å². The third-order valence-electron chi connectivity index (χ3n) is 3.43. The lowest BCUT2D eigenvalue weighted by molar-refractivity contribution is 0.805. The molecule has 0 bridgehead atoms. The molecule has 21 heavy (non-hydrogen) atoms. The van der Waals surface area contributed by atoms with E-state index in [0.717, 1.165) is 27.0 Å². The first kappa shape index (κ1) is 14.7. The fourth-order valence-corrected chi connectivity index (χ4v) is 3.87. The van der Waals surface area contributed by atoms with Gasteiger partial charge in [0.15, 0.2) is 5.65 Å². The molecule has 108 valence electrons. The molecule has 0 unspecified atom stereocenters. The van der Waals surface area contributed by atoms with Crippen LogP contribution in [0, 0.1) is 20.8 Å². The molecular weight excluding hydrogens is 396 g/mol. The molecule has 0 spiro atoms. The summed E-state index contributed by atoms with van der Waals surface area (Å²) in [5.41, 5.74) is 7.14. The first-order valence-electron chi connectivity index (χ1n) is 6.56. The summed E-state index contributed by atoms with van der Waals surface area (Å²) in [6, 6.07) is 6.27. The van der Waals surface area contributed by atoms with Crippen molar-refractivity contribution in [1.29, 1.82) is 0 Å². The maximum atomic E-state index is 4.68. The van der Waals surface area contributed by atoms with Gasteiger partial charge in [-0.2, -0.15) is 4.68 Å². The standard InChI is InChI=1S/C15H14Br2N4/c1-8-4-9(2)14(10(3)5-8)21-15-12(19-20-21)6-11(17)13(7-16)18-15/h4-6H,7H2,1-3H3. The van der Waals surface area contributed by atoms with Crippen molar-refractivity contribution < 1.29 is 0 Å². The summed E-state index contributed by atoms with van der Waals surface area (Å²) in [6.07, 6.45) is 0. The molecule has 0 aliphatic heterocycles. The minimum atomic E-state index is 0.681. The highest BCUT2D eigenvalue weighted by molar-refractivity contribution is 9.10. The number of halogens is 2. The number of aryl methyl sites for hydroxylation is 3. The van der Waals surface area contributed by atoms with E-state index < -0.39 is 0 Å². The van der Waals surface area contributed by atoms with Gasteiger partial charge in [-0.25, -0.2) is 4.98 Å². The Bertz CT molecular complexity index is 816. The van der Waals surface area contributed by atoms with E-state index >= 15 is 0 Å². The number of fused-ring (bicyclic) bond motifs is 1. The van der Waals surface area contributed by atoms with E-state index in [4.69, 9.17) is 0 Å². The van der Waals surface area contributed by atoms with Gasteiger partial charge in [0.05, 0.1) is 11.4 Å². The highest BCUT2D eigenvalue weighted by atomic mass is 79.9. The average molecular weight is 410 g/mol. The van der Waals surface area contributed by atoms with Crippen LogP contribution >= 0.6 is 31.9 Å². The highest BCUT2D eigenvalue weighted by Gasteiger charge is 2.15.